The van der Waals surface area contributed by atoms with E-state index in [1.807, 2.05) is 44.2 Å². The smallest absolute Gasteiger partial charge is 0.253 e. The van der Waals surface area contributed by atoms with Gasteiger partial charge in [0.15, 0.2) is 0 Å². The van der Waals surface area contributed by atoms with Gasteiger partial charge in [-0.2, -0.15) is 0 Å². The SMILES string of the molecule is CCCCNC(=O)c1ccccc1NC(=O)[C@@H](C)Sc1ccc(C)cc1. The van der Waals surface area contributed by atoms with E-state index in [2.05, 4.69) is 17.6 Å². The Morgan fingerprint density at radius 1 is 1.08 bits per heavy atom. The zero-order valence-corrected chi connectivity index (χ0v) is 16.4. The normalized spacial score (nSPS) is 11.7. The molecule has 0 heterocycles. The summed E-state index contributed by atoms with van der Waals surface area (Å²) in [6.07, 6.45) is 1.96. The maximum absolute atomic E-state index is 12.6. The van der Waals surface area contributed by atoms with Crippen molar-refractivity contribution in [3.63, 3.8) is 0 Å². The molecular weight excluding hydrogens is 344 g/mol. The molecule has 0 fully saturated rings. The van der Waals surface area contributed by atoms with Gasteiger partial charge in [0.05, 0.1) is 16.5 Å². The van der Waals surface area contributed by atoms with Gasteiger partial charge < -0.3 is 10.6 Å². The third kappa shape index (κ3) is 5.92. The third-order valence-electron chi connectivity index (χ3n) is 3.95. The van der Waals surface area contributed by atoms with E-state index in [-0.39, 0.29) is 17.1 Å². The zero-order chi connectivity index (χ0) is 18.9. The van der Waals surface area contributed by atoms with Crippen molar-refractivity contribution in [3.05, 3.63) is 59.7 Å². The van der Waals surface area contributed by atoms with Crippen molar-refractivity contribution >= 4 is 29.3 Å². The van der Waals surface area contributed by atoms with Crippen LogP contribution in [0.5, 0.6) is 0 Å². The van der Waals surface area contributed by atoms with Crippen LogP contribution >= 0.6 is 11.8 Å². The molecule has 0 aliphatic carbocycles. The second-order valence-corrected chi connectivity index (χ2v) is 7.63. The number of anilines is 1. The number of aryl methyl sites for hydroxylation is 1. The van der Waals surface area contributed by atoms with Gasteiger partial charge in [-0.05, 0) is 44.5 Å². The van der Waals surface area contributed by atoms with Crippen LogP contribution in [0.25, 0.3) is 0 Å². The number of benzene rings is 2. The highest BCUT2D eigenvalue weighted by Gasteiger charge is 2.18. The highest BCUT2D eigenvalue weighted by molar-refractivity contribution is 8.00. The van der Waals surface area contributed by atoms with Crippen LogP contribution in [-0.2, 0) is 4.79 Å². The average Bonchev–Trinajstić information content (AvgIpc) is 2.64. The van der Waals surface area contributed by atoms with Crippen molar-refractivity contribution < 1.29 is 9.59 Å². The molecule has 2 N–H and O–H groups in total. The van der Waals surface area contributed by atoms with E-state index >= 15 is 0 Å². The van der Waals surface area contributed by atoms with Gasteiger partial charge in [0, 0.05) is 11.4 Å². The van der Waals surface area contributed by atoms with Crippen molar-refractivity contribution in [1.82, 2.24) is 5.32 Å². The standard InChI is InChI=1S/C21H26N2O2S/c1-4-5-14-22-21(25)18-8-6-7-9-19(18)23-20(24)16(3)26-17-12-10-15(2)11-13-17/h6-13,16H,4-5,14H2,1-3H3,(H,22,25)(H,23,24)/t16-/m1/s1. The Morgan fingerprint density at radius 3 is 2.46 bits per heavy atom. The fourth-order valence-corrected chi connectivity index (χ4v) is 3.24. The number of para-hydroxylation sites is 1. The lowest BCUT2D eigenvalue weighted by molar-refractivity contribution is -0.115. The van der Waals surface area contributed by atoms with Gasteiger partial charge in [0.25, 0.3) is 5.91 Å². The zero-order valence-electron chi connectivity index (χ0n) is 15.5. The first-order valence-electron chi connectivity index (χ1n) is 8.92. The number of nitrogens with one attached hydrogen (secondary N) is 2. The summed E-state index contributed by atoms with van der Waals surface area (Å²) < 4.78 is 0. The van der Waals surface area contributed by atoms with Gasteiger partial charge in [0.2, 0.25) is 5.91 Å². The summed E-state index contributed by atoms with van der Waals surface area (Å²) >= 11 is 1.50. The second kappa shape index (κ2) is 10.0. The van der Waals surface area contributed by atoms with Gasteiger partial charge in [-0.1, -0.05) is 43.2 Å². The van der Waals surface area contributed by atoms with E-state index in [1.54, 1.807) is 18.2 Å². The van der Waals surface area contributed by atoms with Crippen molar-refractivity contribution in [2.45, 2.75) is 43.8 Å². The van der Waals surface area contributed by atoms with Gasteiger partial charge in [-0.15, -0.1) is 11.8 Å². The molecule has 5 heteroatoms. The average molecular weight is 371 g/mol. The van der Waals surface area contributed by atoms with Crippen LogP contribution in [0.2, 0.25) is 0 Å². The molecule has 0 radical (unpaired) electrons. The maximum atomic E-state index is 12.6. The molecule has 2 amide bonds. The van der Waals surface area contributed by atoms with E-state index in [4.69, 9.17) is 0 Å². The minimum Gasteiger partial charge on any atom is -0.352 e. The molecular formula is C21H26N2O2S. The molecule has 2 rings (SSSR count). The Hall–Kier alpha value is -2.27. The molecule has 26 heavy (non-hydrogen) atoms. The molecule has 0 aliphatic rings. The number of rotatable bonds is 8. The maximum Gasteiger partial charge on any atom is 0.253 e. The first-order valence-corrected chi connectivity index (χ1v) is 9.80. The number of amides is 2. The fourth-order valence-electron chi connectivity index (χ4n) is 2.37. The summed E-state index contributed by atoms with van der Waals surface area (Å²) in [7, 11) is 0. The Labute approximate surface area is 159 Å². The molecule has 0 aromatic heterocycles. The summed E-state index contributed by atoms with van der Waals surface area (Å²) in [6.45, 7) is 6.61. The van der Waals surface area contributed by atoms with Crippen LogP contribution in [0.1, 0.15) is 42.6 Å². The number of carbonyl (C=O) groups excluding carboxylic acids is 2. The first kappa shape index (κ1) is 20.0. The molecule has 2 aromatic rings. The molecule has 0 unspecified atom stereocenters. The molecule has 2 aromatic carbocycles. The quantitative estimate of drug-likeness (QED) is 0.525. The number of carbonyl (C=O) groups is 2. The molecule has 1 atom stereocenters. The monoisotopic (exact) mass is 370 g/mol. The number of unbranched alkanes of at least 4 members (excludes halogenated alkanes) is 1. The molecule has 0 aliphatic heterocycles. The lowest BCUT2D eigenvalue weighted by Gasteiger charge is -2.15. The van der Waals surface area contributed by atoms with Crippen molar-refractivity contribution in [3.8, 4) is 0 Å². The first-order chi connectivity index (χ1) is 12.5. The van der Waals surface area contributed by atoms with E-state index in [0.717, 1.165) is 17.7 Å². The minimum absolute atomic E-state index is 0.121. The Balaban J connectivity index is 2.01. The predicted octanol–water partition coefficient (Wildman–Crippen LogP) is 4.64. The van der Waals surface area contributed by atoms with Gasteiger partial charge in [-0.3, -0.25) is 9.59 Å². The summed E-state index contributed by atoms with van der Waals surface area (Å²) in [5.74, 6) is -0.280. The van der Waals surface area contributed by atoms with Crippen molar-refractivity contribution in [2.24, 2.45) is 0 Å². The lowest BCUT2D eigenvalue weighted by Crippen LogP contribution is -2.28. The van der Waals surface area contributed by atoms with Crippen LogP contribution in [0.15, 0.2) is 53.4 Å². The Kier molecular flexibility index (Phi) is 7.73. The summed E-state index contributed by atoms with van der Waals surface area (Å²) in [6, 6.07) is 15.2. The summed E-state index contributed by atoms with van der Waals surface area (Å²) in [5.41, 5.74) is 2.22. The fraction of sp³-hybridized carbons (Fsp3) is 0.333. The summed E-state index contributed by atoms with van der Waals surface area (Å²) in [5, 5.41) is 5.52. The minimum atomic E-state index is -0.270. The van der Waals surface area contributed by atoms with Crippen LogP contribution in [0.3, 0.4) is 0 Å². The number of hydrogen-bond acceptors (Lipinski definition) is 3. The highest BCUT2D eigenvalue weighted by Crippen LogP contribution is 2.25. The molecule has 0 saturated heterocycles. The predicted molar refractivity (Wildman–Crippen MR) is 109 cm³/mol. The van der Waals surface area contributed by atoms with Gasteiger partial charge in [0.1, 0.15) is 0 Å². The van der Waals surface area contributed by atoms with E-state index in [0.29, 0.717) is 17.8 Å². The van der Waals surface area contributed by atoms with Gasteiger partial charge in [-0.25, -0.2) is 0 Å². The molecule has 0 spiro atoms. The second-order valence-electron chi connectivity index (χ2n) is 6.22. The van der Waals surface area contributed by atoms with Crippen LogP contribution in [0.4, 0.5) is 5.69 Å². The van der Waals surface area contributed by atoms with Crippen LogP contribution < -0.4 is 10.6 Å². The third-order valence-corrected chi connectivity index (χ3v) is 5.06. The molecule has 138 valence electrons. The lowest BCUT2D eigenvalue weighted by atomic mass is 10.1. The van der Waals surface area contributed by atoms with E-state index in [1.165, 1.54) is 17.3 Å². The van der Waals surface area contributed by atoms with E-state index < -0.39 is 0 Å². The largest absolute Gasteiger partial charge is 0.352 e. The van der Waals surface area contributed by atoms with Gasteiger partial charge >= 0.3 is 0 Å². The molecule has 4 nitrogen and oxygen atoms in total. The van der Waals surface area contributed by atoms with Crippen LogP contribution in [-0.4, -0.2) is 23.6 Å². The molecule has 0 bridgehead atoms. The van der Waals surface area contributed by atoms with E-state index in [9.17, 15) is 9.59 Å². The topological polar surface area (TPSA) is 58.2 Å². The summed E-state index contributed by atoms with van der Waals surface area (Å²) in [4.78, 5) is 25.9. The molecule has 0 saturated carbocycles. The van der Waals surface area contributed by atoms with Crippen molar-refractivity contribution in [2.75, 3.05) is 11.9 Å². The Morgan fingerprint density at radius 2 is 1.77 bits per heavy atom. The van der Waals surface area contributed by atoms with Crippen LogP contribution in [0, 0.1) is 6.92 Å². The number of hydrogen-bond donors (Lipinski definition) is 2. The highest BCUT2D eigenvalue weighted by atomic mass is 32.2. The Bertz CT molecular complexity index is 744. The van der Waals surface area contributed by atoms with Crippen molar-refractivity contribution in [1.29, 1.82) is 0 Å². The number of thioether (sulfide) groups is 1.